The van der Waals surface area contributed by atoms with Gasteiger partial charge in [-0.2, -0.15) is 4.98 Å². The molecule has 0 saturated heterocycles. The monoisotopic (exact) mass is 218 g/mol. The second-order valence-electron chi connectivity index (χ2n) is 3.61. The summed E-state index contributed by atoms with van der Waals surface area (Å²) in [6.45, 7) is 2.76. The quantitative estimate of drug-likeness (QED) is 0.762. The molecule has 2 aromatic rings. The van der Waals surface area contributed by atoms with E-state index in [1.807, 2.05) is 25.1 Å². The zero-order valence-corrected chi connectivity index (χ0v) is 9.10. The Morgan fingerprint density at radius 3 is 3.06 bits per heavy atom. The Balaban J connectivity index is 1.92. The summed E-state index contributed by atoms with van der Waals surface area (Å²) in [5.74, 6) is 0.693. The van der Waals surface area contributed by atoms with Crippen LogP contribution in [0.5, 0.6) is 0 Å². The second-order valence-corrected chi connectivity index (χ2v) is 3.61. The molecule has 0 unspecified atom stereocenters. The normalized spacial score (nSPS) is 10.3. The maximum atomic E-state index is 5.84. The van der Waals surface area contributed by atoms with Crippen LogP contribution in [0.15, 0.2) is 29.1 Å². The molecule has 3 N–H and O–H groups in total. The fraction of sp³-hybridized carbons (Fsp3) is 0.273. The van der Waals surface area contributed by atoms with Crippen molar-refractivity contribution in [1.29, 1.82) is 0 Å². The largest absolute Gasteiger partial charge is 0.397 e. The molecule has 16 heavy (non-hydrogen) atoms. The Bertz CT molecular complexity index is 453. The molecule has 0 aliphatic carbocycles. The van der Waals surface area contributed by atoms with Gasteiger partial charge in [-0.1, -0.05) is 11.2 Å². The van der Waals surface area contributed by atoms with Crippen molar-refractivity contribution in [2.24, 2.45) is 0 Å². The number of nitrogens with one attached hydrogen (secondary N) is 1. The molecule has 0 spiro atoms. The Morgan fingerprint density at radius 1 is 1.44 bits per heavy atom. The van der Waals surface area contributed by atoms with Gasteiger partial charge in [-0.25, -0.2) is 0 Å². The summed E-state index contributed by atoms with van der Waals surface area (Å²) >= 11 is 0. The first-order valence-corrected chi connectivity index (χ1v) is 5.11. The number of hydrogen-bond acceptors (Lipinski definition) is 5. The Morgan fingerprint density at radius 2 is 2.31 bits per heavy atom. The van der Waals surface area contributed by atoms with Gasteiger partial charge in [0, 0.05) is 13.0 Å². The van der Waals surface area contributed by atoms with E-state index in [9.17, 15) is 0 Å². The third-order valence-corrected chi connectivity index (χ3v) is 2.28. The number of nitrogen functional groups attached to an aromatic ring is 1. The molecule has 84 valence electrons. The molecule has 0 fully saturated rings. The van der Waals surface area contributed by atoms with E-state index < -0.39 is 0 Å². The lowest BCUT2D eigenvalue weighted by atomic mass is 10.2. The van der Waals surface area contributed by atoms with E-state index in [2.05, 4.69) is 20.0 Å². The van der Waals surface area contributed by atoms with Crippen molar-refractivity contribution < 1.29 is 4.52 Å². The number of anilines is 2. The number of rotatable bonds is 4. The zero-order chi connectivity index (χ0) is 11.4. The highest BCUT2D eigenvalue weighted by Gasteiger charge is 2.01. The number of aryl methyl sites for hydroxylation is 1. The molecule has 0 radical (unpaired) electrons. The van der Waals surface area contributed by atoms with E-state index in [0.29, 0.717) is 12.2 Å². The minimum atomic E-state index is 0.693. The van der Waals surface area contributed by atoms with Gasteiger partial charge in [0.25, 0.3) is 0 Å². The first-order chi connectivity index (χ1) is 7.75. The first-order valence-electron chi connectivity index (χ1n) is 5.11. The first kappa shape index (κ1) is 10.5. The van der Waals surface area contributed by atoms with Gasteiger partial charge in [-0.15, -0.1) is 0 Å². The second kappa shape index (κ2) is 4.65. The SMILES string of the molecule is Cc1ccc(N)c(NCCc2ncon2)c1. The van der Waals surface area contributed by atoms with Gasteiger partial charge in [0.2, 0.25) is 6.39 Å². The molecular formula is C11H14N4O. The molecule has 1 aromatic heterocycles. The average molecular weight is 218 g/mol. The van der Waals surface area contributed by atoms with Gasteiger partial charge >= 0.3 is 0 Å². The molecule has 2 rings (SSSR count). The van der Waals surface area contributed by atoms with Gasteiger partial charge in [-0.05, 0) is 24.6 Å². The third kappa shape index (κ3) is 2.50. The highest BCUT2D eigenvalue weighted by Crippen LogP contribution is 2.19. The molecule has 0 amide bonds. The average Bonchev–Trinajstić information content (AvgIpc) is 2.76. The lowest BCUT2D eigenvalue weighted by Crippen LogP contribution is -2.07. The molecule has 0 aliphatic rings. The molecular weight excluding hydrogens is 204 g/mol. The predicted octanol–water partition coefficient (Wildman–Crippen LogP) is 1.61. The van der Waals surface area contributed by atoms with Crippen molar-refractivity contribution in [3.63, 3.8) is 0 Å². The van der Waals surface area contributed by atoms with Crippen LogP contribution in [0.25, 0.3) is 0 Å². The zero-order valence-electron chi connectivity index (χ0n) is 9.10. The molecule has 5 heteroatoms. The molecule has 1 heterocycles. The van der Waals surface area contributed by atoms with Crippen LogP contribution in [0, 0.1) is 6.92 Å². The fourth-order valence-electron chi connectivity index (χ4n) is 1.43. The number of hydrogen-bond donors (Lipinski definition) is 2. The summed E-state index contributed by atoms with van der Waals surface area (Å²) in [4.78, 5) is 3.94. The van der Waals surface area contributed by atoms with Crippen LogP contribution in [-0.4, -0.2) is 16.7 Å². The number of nitrogens with two attached hydrogens (primary N) is 1. The summed E-state index contributed by atoms with van der Waals surface area (Å²) < 4.78 is 4.65. The molecule has 5 nitrogen and oxygen atoms in total. The van der Waals surface area contributed by atoms with Gasteiger partial charge < -0.3 is 15.6 Å². The van der Waals surface area contributed by atoms with Crippen LogP contribution < -0.4 is 11.1 Å². The maximum Gasteiger partial charge on any atom is 0.213 e. The molecule has 0 aliphatic heterocycles. The lowest BCUT2D eigenvalue weighted by Gasteiger charge is -2.08. The van der Waals surface area contributed by atoms with E-state index in [1.165, 1.54) is 12.0 Å². The summed E-state index contributed by atoms with van der Waals surface area (Å²) in [6, 6.07) is 5.90. The minimum absolute atomic E-state index is 0.693. The highest BCUT2D eigenvalue weighted by molar-refractivity contribution is 5.66. The molecule has 0 atom stereocenters. The number of nitrogens with zero attached hydrogens (tertiary/aromatic N) is 2. The van der Waals surface area contributed by atoms with Crippen molar-refractivity contribution in [3.05, 3.63) is 36.0 Å². The van der Waals surface area contributed by atoms with Gasteiger partial charge in [0.05, 0.1) is 11.4 Å². The van der Waals surface area contributed by atoms with Crippen LogP contribution >= 0.6 is 0 Å². The van der Waals surface area contributed by atoms with E-state index in [4.69, 9.17) is 5.73 Å². The van der Waals surface area contributed by atoms with E-state index in [-0.39, 0.29) is 0 Å². The number of aromatic nitrogens is 2. The van der Waals surface area contributed by atoms with Crippen molar-refractivity contribution >= 4 is 11.4 Å². The van der Waals surface area contributed by atoms with Gasteiger partial charge in [-0.3, -0.25) is 0 Å². The Labute approximate surface area is 93.7 Å². The minimum Gasteiger partial charge on any atom is -0.397 e. The smallest absolute Gasteiger partial charge is 0.213 e. The Hall–Kier alpha value is -2.04. The standard InChI is InChI=1S/C11H14N4O/c1-8-2-3-9(12)10(6-8)13-5-4-11-14-7-16-15-11/h2-3,6-7,13H,4-5,12H2,1H3. The van der Waals surface area contributed by atoms with E-state index in [1.54, 1.807) is 0 Å². The van der Waals surface area contributed by atoms with Crippen molar-refractivity contribution in [2.45, 2.75) is 13.3 Å². The van der Waals surface area contributed by atoms with Gasteiger partial charge in [0.1, 0.15) is 0 Å². The summed E-state index contributed by atoms with van der Waals surface area (Å²) in [6.07, 6.45) is 2.04. The van der Waals surface area contributed by atoms with Crippen molar-refractivity contribution in [2.75, 3.05) is 17.6 Å². The van der Waals surface area contributed by atoms with Crippen LogP contribution in [0.2, 0.25) is 0 Å². The maximum absolute atomic E-state index is 5.84. The third-order valence-electron chi connectivity index (χ3n) is 2.28. The van der Waals surface area contributed by atoms with Crippen LogP contribution in [0.4, 0.5) is 11.4 Å². The van der Waals surface area contributed by atoms with Crippen LogP contribution in [0.3, 0.4) is 0 Å². The Kier molecular flexibility index (Phi) is 3.05. The summed E-state index contributed by atoms with van der Waals surface area (Å²) in [5, 5.41) is 6.98. The molecule has 0 saturated carbocycles. The fourth-order valence-corrected chi connectivity index (χ4v) is 1.43. The highest BCUT2D eigenvalue weighted by atomic mass is 16.5. The van der Waals surface area contributed by atoms with E-state index >= 15 is 0 Å². The topological polar surface area (TPSA) is 77.0 Å². The lowest BCUT2D eigenvalue weighted by molar-refractivity contribution is 0.410. The van der Waals surface area contributed by atoms with Gasteiger partial charge in [0.15, 0.2) is 5.82 Å². The van der Waals surface area contributed by atoms with Crippen molar-refractivity contribution in [3.8, 4) is 0 Å². The van der Waals surface area contributed by atoms with Crippen LogP contribution in [0.1, 0.15) is 11.4 Å². The molecule has 1 aromatic carbocycles. The predicted molar refractivity (Wildman–Crippen MR) is 62.1 cm³/mol. The van der Waals surface area contributed by atoms with Crippen LogP contribution in [-0.2, 0) is 6.42 Å². The van der Waals surface area contributed by atoms with Crippen molar-refractivity contribution in [1.82, 2.24) is 10.1 Å². The summed E-state index contributed by atoms with van der Waals surface area (Å²) in [7, 11) is 0. The molecule has 0 bridgehead atoms. The summed E-state index contributed by atoms with van der Waals surface area (Å²) in [5.41, 5.74) is 8.71. The number of benzene rings is 1. The van der Waals surface area contributed by atoms with E-state index in [0.717, 1.165) is 17.9 Å².